The average molecular weight is 352 g/mol. The number of carbonyl (C=O) groups is 1. The van der Waals surface area contributed by atoms with Crippen LogP contribution in [0.1, 0.15) is 19.8 Å². The van der Waals surface area contributed by atoms with Crippen LogP contribution in [-0.2, 0) is 4.79 Å². The van der Waals surface area contributed by atoms with Crippen LogP contribution in [0.5, 0.6) is 0 Å². The lowest BCUT2D eigenvalue weighted by Crippen LogP contribution is -2.27. The Morgan fingerprint density at radius 1 is 1.00 bits per heavy atom. The van der Waals surface area contributed by atoms with Gasteiger partial charge in [0.15, 0.2) is 0 Å². The Labute approximate surface area is 150 Å². The van der Waals surface area contributed by atoms with E-state index in [9.17, 15) is 13.6 Å². The summed E-state index contributed by atoms with van der Waals surface area (Å²) in [6.07, 6.45) is 3.72. The van der Waals surface area contributed by atoms with E-state index in [-0.39, 0.29) is 17.5 Å². The lowest BCUT2D eigenvalue weighted by Gasteiger charge is -2.24. The Hall–Kier alpha value is -2.95. The van der Waals surface area contributed by atoms with Crippen molar-refractivity contribution in [3.8, 4) is 0 Å². The number of anilines is 2. The fourth-order valence-electron chi connectivity index (χ4n) is 3.43. The fourth-order valence-corrected chi connectivity index (χ4v) is 3.43. The molecule has 4 rings (SSSR count). The molecule has 3 nitrogen and oxygen atoms in total. The van der Waals surface area contributed by atoms with Gasteiger partial charge < -0.3 is 5.32 Å². The van der Waals surface area contributed by atoms with Crippen molar-refractivity contribution < 1.29 is 13.6 Å². The van der Waals surface area contributed by atoms with Crippen LogP contribution in [-0.4, -0.2) is 5.91 Å². The molecule has 2 aromatic rings. The van der Waals surface area contributed by atoms with E-state index in [2.05, 4.69) is 18.3 Å². The molecule has 1 heterocycles. The second-order valence-corrected chi connectivity index (χ2v) is 6.74. The van der Waals surface area contributed by atoms with Crippen molar-refractivity contribution >= 4 is 17.3 Å². The number of fused-ring (bicyclic) bond motifs is 1. The number of nitrogens with zero attached hydrogens (tertiary/aromatic N) is 1. The average Bonchev–Trinajstić information content (AvgIpc) is 2.89. The number of amides is 1. The zero-order valence-electron chi connectivity index (χ0n) is 14.3. The molecule has 0 radical (unpaired) electrons. The number of hydrogen-bond donors (Lipinski definition) is 1. The van der Waals surface area contributed by atoms with E-state index in [0.29, 0.717) is 23.0 Å². The molecule has 1 amide bonds. The maximum Gasteiger partial charge on any atom is 0.279 e. The highest BCUT2D eigenvalue weighted by atomic mass is 19.1. The van der Waals surface area contributed by atoms with E-state index >= 15 is 0 Å². The number of benzene rings is 2. The Balaban J connectivity index is 1.74. The van der Waals surface area contributed by atoms with E-state index in [0.717, 1.165) is 24.1 Å². The van der Waals surface area contributed by atoms with Crippen molar-refractivity contribution in [2.45, 2.75) is 19.8 Å². The number of rotatable bonds is 3. The van der Waals surface area contributed by atoms with Crippen LogP contribution in [0.3, 0.4) is 0 Å². The molecular weight excluding hydrogens is 334 g/mol. The molecule has 5 heteroatoms. The first-order chi connectivity index (χ1) is 12.5. The van der Waals surface area contributed by atoms with Gasteiger partial charge in [0.1, 0.15) is 17.3 Å². The normalized spacial score (nSPS) is 19.5. The van der Waals surface area contributed by atoms with Gasteiger partial charge in [-0.25, -0.2) is 8.78 Å². The molecule has 1 N–H and O–H groups in total. The molecule has 1 aliphatic heterocycles. The first-order valence-corrected chi connectivity index (χ1v) is 8.59. The van der Waals surface area contributed by atoms with E-state index < -0.39 is 0 Å². The van der Waals surface area contributed by atoms with Crippen LogP contribution in [0.25, 0.3) is 0 Å². The van der Waals surface area contributed by atoms with Gasteiger partial charge in [0.2, 0.25) is 0 Å². The summed E-state index contributed by atoms with van der Waals surface area (Å²) in [4.78, 5) is 14.7. The van der Waals surface area contributed by atoms with E-state index in [1.54, 1.807) is 29.2 Å². The van der Waals surface area contributed by atoms with Gasteiger partial charge in [-0.15, -0.1) is 0 Å². The molecule has 0 saturated carbocycles. The summed E-state index contributed by atoms with van der Waals surface area (Å²) in [5.74, 6) is -0.425. The van der Waals surface area contributed by atoms with Crippen LogP contribution in [0.2, 0.25) is 0 Å². The zero-order valence-corrected chi connectivity index (χ0v) is 14.3. The number of nitrogens with one attached hydrogen (secondary N) is 1. The minimum Gasteiger partial charge on any atom is -0.351 e. The quantitative estimate of drug-likeness (QED) is 0.844. The maximum absolute atomic E-state index is 13.3. The van der Waals surface area contributed by atoms with E-state index in [4.69, 9.17) is 0 Å². The smallest absolute Gasteiger partial charge is 0.279 e. The molecule has 0 spiro atoms. The molecule has 0 saturated heterocycles. The van der Waals surface area contributed by atoms with Crippen molar-refractivity contribution in [1.82, 2.24) is 0 Å². The van der Waals surface area contributed by atoms with Gasteiger partial charge in [0.05, 0.1) is 5.70 Å². The molecule has 2 aliphatic rings. The van der Waals surface area contributed by atoms with Crippen molar-refractivity contribution in [3.05, 3.63) is 83.2 Å². The van der Waals surface area contributed by atoms with Crippen LogP contribution >= 0.6 is 0 Å². The molecule has 1 atom stereocenters. The topological polar surface area (TPSA) is 32.3 Å². The van der Waals surface area contributed by atoms with Gasteiger partial charge in [-0.05, 0) is 67.3 Å². The summed E-state index contributed by atoms with van der Waals surface area (Å²) in [5.41, 5.74) is 3.58. The third-order valence-corrected chi connectivity index (χ3v) is 4.73. The maximum atomic E-state index is 13.3. The molecule has 132 valence electrons. The first-order valence-electron chi connectivity index (χ1n) is 8.59. The van der Waals surface area contributed by atoms with Crippen LogP contribution in [0.4, 0.5) is 20.2 Å². The number of carbonyl (C=O) groups excluding carboxylic acids is 1. The minimum absolute atomic E-state index is 0.184. The molecule has 0 bridgehead atoms. The lowest BCUT2D eigenvalue weighted by molar-refractivity contribution is -0.114. The third kappa shape index (κ3) is 2.90. The standard InChI is InChI=1S/C21H18F2N2O/c1-13-2-11-19-18(12-13)20(24-16-7-3-14(22)4-8-16)21(26)25(19)17-9-5-15(23)6-10-17/h3-11,13,24H,2,12H2,1H3. The fraction of sp³-hybridized carbons (Fsp3) is 0.190. The van der Waals surface area contributed by atoms with Gasteiger partial charge in [0.25, 0.3) is 5.91 Å². The van der Waals surface area contributed by atoms with Crippen LogP contribution in [0.15, 0.2) is 71.6 Å². The number of allylic oxidation sites excluding steroid dienone is 2. The second-order valence-electron chi connectivity index (χ2n) is 6.74. The Kier molecular flexibility index (Phi) is 4.07. The summed E-state index contributed by atoms with van der Waals surface area (Å²) in [6, 6.07) is 11.8. The summed E-state index contributed by atoms with van der Waals surface area (Å²) in [7, 11) is 0. The van der Waals surface area contributed by atoms with Gasteiger partial charge in [-0.2, -0.15) is 0 Å². The molecule has 26 heavy (non-hydrogen) atoms. The SMILES string of the molecule is CC1CC=C2C(=C(Nc3ccc(F)cc3)C(=O)N2c2ccc(F)cc2)C1. The van der Waals surface area contributed by atoms with Crippen molar-refractivity contribution in [2.75, 3.05) is 10.2 Å². The molecule has 1 aliphatic carbocycles. The Morgan fingerprint density at radius 3 is 2.27 bits per heavy atom. The summed E-state index contributed by atoms with van der Waals surface area (Å²) >= 11 is 0. The molecule has 2 aromatic carbocycles. The van der Waals surface area contributed by atoms with Gasteiger partial charge >= 0.3 is 0 Å². The Bertz CT molecular complexity index is 914. The van der Waals surface area contributed by atoms with Gasteiger partial charge in [0, 0.05) is 16.9 Å². The first kappa shape index (κ1) is 16.5. The highest BCUT2D eigenvalue weighted by molar-refractivity contribution is 6.15. The number of hydrogen-bond acceptors (Lipinski definition) is 2. The van der Waals surface area contributed by atoms with E-state index in [1.807, 2.05) is 0 Å². The molecule has 0 fully saturated rings. The summed E-state index contributed by atoms with van der Waals surface area (Å²) < 4.78 is 26.4. The van der Waals surface area contributed by atoms with Crippen LogP contribution in [0, 0.1) is 17.6 Å². The van der Waals surface area contributed by atoms with E-state index in [1.165, 1.54) is 24.3 Å². The molecule has 0 aromatic heterocycles. The zero-order chi connectivity index (χ0) is 18.3. The lowest BCUT2D eigenvalue weighted by atomic mass is 9.90. The van der Waals surface area contributed by atoms with Crippen LogP contribution < -0.4 is 10.2 Å². The Morgan fingerprint density at radius 2 is 1.62 bits per heavy atom. The summed E-state index contributed by atoms with van der Waals surface area (Å²) in [6.45, 7) is 2.14. The van der Waals surface area contributed by atoms with Gasteiger partial charge in [-0.3, -0.25) is 9.69 Å². The number of halogens is 2. The van der Waals surface area contributed by atoms with Crippen molar-refractivity contribution in [2.24, 2.45) is 5.92 Å². The predicted molar refractivity (Wildman–Crippen MR) is 97.4 cm³/mol. The van der Waals surface area contributed by atoms with Gasteiger partial charge in [-0.1, -0.05) is 13.0 Å². The monoisotopic (exact) mass is 352 g/mol. The third-order valence-electron chi connectivity index (χ3n) is 4.73. The second kappa shape index (κ2) is 6.41. The van der Waals surface area contributed by atoms with Crippen molar-refractivity contribution in [3.63, 3.8) is 0 Å². The largest absolute Gasteiger partial charge is 0.351 e. The molecular formula is C21H18F2N2O. The van der Waals surface area contributed by atoms with Crippen molar-refractivity contribution in [1.29, 1.82) is 0 Å². The molecule has 1 unspecified atom stereocenters. The minimum atomic E-state index is -0.343. The summed E-state index contributed by atoms with van der Waals surface area (Å²) in [5, 5.41) is 3.16. The highest BCUT2D eigenvalue weighted by Gasteiger charge is 2.38. The highest BCUT2D eigenvalue weighted by Crippen LogP contribution is 2.41. The predicted octanol–water partition coefficient (Wildman–Crippen LogP) is 4.99.